The summed E-state index contributed by atoms with van der Waals surface area (Å²) in [5.74, 6) is 0.175. The van der Waals surface area contributed by atoms with Crippen LogP contribution in [0, 0.1) is 5.92 Å². The zero-order chi connectivity index (χ0) is 15.1. The van der Waals surface area contributed by atoms with E-state index in [9.17, 15) is 9.59 Å². The van der Waals surface area contributed by atoms with Gasteiger partial charge in [0.25, 0.3) is 0 Å². The molecule has 0 aliphatic rings. The highest BCUT2D eigenvalue weighted by Crippen LogP contribution is 2.10. The van der Waals surface area contributed by atoms with Crippen LogP contribution in [0.4, 0.5) is 0 Å². The fourth-order valence-corrected chi connectivity index (χ4v) is 1.57. The number of carbonyl (C=O) groups is 2. The van der Waals surface area contributed by atoms with Crippen LogP contribution in [0.25, 0.3) is 0 Å². The van der Waals surface area contributed by atoms with E-state index in [-0.39, 0.29) is 30.6 Å². The van der Waals surface area contributed by atoms with Gasteiger partial charge in [0.2, 0.25) is 11.8 Å². The SMILES string of the molecule is CC(CNC(=O)CCc1nc(C(C)C)no1)CC(=O)O. The number of nitrogens with zero attached hydrogens (tertiary/aromatic N) is 2. The molecule has 1 aromatic rings. The summed E-state index contributed by atoms with van der Waals surface area (Å²) in [5.41, 5.74) is 0. The maximum Gasteiger partial charge on any atom is 0.303 e. The quantitative estimate of drug-likeness (QED) is 0.746. The number of hydrogen-bond donors (Lipinski definition) is 2. The summed E-state index contributed by atoms with van der Waals surface area (Å²) in [5, 5.41) is 15.1. The third-order valence-electron chi connectivity index (χ3n) is 2.74. The molecule has 0 saturated heterocycles. The molecule has 0 radical (unpaired) electrons. The van der Waals surface area contributed by atoms with Crippen LogP contribution in [0.2, 0.25) is 0 Å². The molecule has 0 spiro atoms. The van der Waals surface area contributed by atoms with Crippen molar-refractivity contribution < 1.29 is 19.2 Å². The first-order valence-corrected chi connectivity index (χ1v) is 6.69. The first-order chi connectivity index (χ1) is 9.38. The molecule has 1 heterocycles. The normalized spacial score (nSPS) is 12.4. The molecule has 0 bridgehead atoms. The zero-order valence-corrected chi connectivity index (χ0v) is 12.0. The first kappa shape index (κ1) is 16.1. The van der Waals surface area contributed by atoms with Gasteiger partial charge in [-0.15, -0.1) is 0 Å². The number of hydrogen-bond acceptors (Lipinski definition) is 5. The van der Waals surface area contributed by atoms with Gasteiger partial charge in [-0.05, 0) is 5.92 Å². The molecule has 0 fully saturated rings. The van der Waals surface area contributed by atoms with E-state index in [0.29, 0.717) is 24.7 Å². The average Bonchev–Trinajstić information content (AvgIpc) is 2.82. The monoisotopic (exact) mass is 283 g/mol. The van der Waals surface area contributed by atoms with Crippen LogP contribution in [0.15, 0.2) is 4.52 Å². The van der Waals surface area contributed by atoms with Crippen molar-refractivity contribution in [3.05, 3.63) is 11.7 Å². The van der Waals surface area contributed by atoms with Gasteiger partial charge in [-0.2, -0.15) is 4.98 Å². The molecule has 112 valence electrons. The molecule has 1 atom stereocenters. The molecule has 7 heteroatoms. The number of amides is 1. The summed E-state index contributed by atoms with van der Waals surface area (Å²) in [7, 11) is 0. The van der Waals surface area contributed by atoms with Crippen LogP contribution in [0.1, 0.15) is 51.2 Å². The van der Waals surface area contributed by atoms with Gasteiger partial charge < -0.3 is 14.9 Å². The van der Waals surface area contributed by atoms with Gasteiger partial charge in [0, 0.05) is 31.7 Å². The smallest absolute Gasteiger partial charge is 0.303 e. The minimum atomic E-state index is -0.862. The Kier molecular flexibility index (Phi) is 6.14. The summed E-state index contributed by atoms with van der Waals surface area (Å²) in [6.45, 7) is 6.06. The third-order valence-corrected chi connectivity index (χ3v) is 2.74. The lowest BCUT2D eigenvalue weighted by atomic mass is 10.1. The first-order valence-electron chi connectivity index (χ1n) is 6.69. The Morgan fingerprint density at radius 1 is 1.35 bits per heavy atom. The fraction of sp³-hybridized carbons (Fsp3) is 0.692. The molecular formula is C13H21N3O4. The largest absolute Gasteiger partial charge is 0.481 e. The van der Waals surface area contributed by atoms with Crippen molar-refractivity contribution in [1.29, 1.82) is 0 Å². The Morgan fingerprint density at radius 2 is 2.05 bits per heavy atom. The number of nitrogens with one attached hydrogen (secondary N) is 1. The van der Waals surface area contributed by atoms with Crippen LogP contribution in [0.3, 0.4) is 0 Å². The van der Waals surface area contributed by atoms with Crippen molar-refractivity contribution in [2.75, 3.05) is 6.54 Å². The molecule has 2 N–H and O–H groups in total. The Hall–Kier alpha value is -1.92. The summed E-state index contributed by atoms with van der Waals surface area (Å²) in [4.78, 5) is 26.3. The van der Waals surface area contributed by atoms with E-state index >= 15 is 0 Å². The third kappa shape index (κ3) is 5.81. The summed E-state index contributed by atoms with van der Waals surface area (Å²) < 4.78 is 5.04. The summed E-state index contributed by atoms with van der Waals surface area (Å²) in [6.07, 6.45) is 0.681. The lowest BCUT2D eigenvalue weighted by Gasteiger charge is -2.09. The second-order valence-corrected chi connectivity index (χ2v) is 5.21. The van der Waals surface area contributed by atoms with Crippen molar-refractivity contribution in [2.24, 2.45) is 5.92 Å². The molecule has 20 heavy (non-hydrogen) atoms. The lowest BCUT2D eigenvalue weighted by molar-refractivity contribution is -0.138. The zero-order valence-electron chi connectivity index (χ0n) is 12.0. The predicted octanol–water partition coefficient (Wildman–Crippen LogP) is 1.35. The van der Waals surface area contributed by atoms with Crippen molar-refractivity contribution in [1.82, 2.24) is 15.5 Å². The Balaban J connectivity index is 2.27. The number of aryl methyl sites for hydroxylation is 1. The highest BCUT2D eigenvalue weighted by Gasteiger charge is 2.12. The number of rotatable bonds is 8. The van der Waals surface area contributed by atoms with E-state index in [1.54, 1.807) is 6.92 Å². The van der Waals surface area contributed by atoms with Gasteiger partial charge in [0.1, 0.15) is 0 Å². The van der Waals surface area contributed by atoms with Crippen LogP contribution in [-0.4, -0.2) is 33.7 Å². The van der Waals surface area contributed by atoms with E-state index in [1.165, 1.54) is 0 Å². The van der Waals surface area contributed by atoms with Gasteiger partial charge in [-0.3, -0.25) is 9.59 Å². The average molecular weight is 283 g/mol. The number of carboxylic acid groups (broad SMARTS) is 1. The molecule has 1 unspecified atom stereocenters. The molecule has 0 aromatic carbocycles. The minimum Gasteiger partial charge on any atom is -0.481 e. The Morgan fingerprint density at radius 3 is 2.60 bits per heavy atom. The number of aliphatic carboxylic acids is 1. The minimum absolute atomic E-state index is 0.0433. The van der Waals surface area contributed by atoms with Crippen molar-refractivity contribution in [3.63, 3.8) is 0 Å². The molecule has 0 saturated carbocycles. The van der Waals surface area contributed by atoms with Gasteiger partial charge >= 0.3 is 5.97 Å². The van der Waals surface area contributed by atoms with Crippen molar-refractivity contribution in [3.8, 4) is 0 Å². The molecular weight excluding hydrogens is 262 g/mol. The van der Waals surface area contributed by atoms with Gasteiger partial charge in [-0.1, -0.05) is 25.9 Å². The van der Waals surface area contributed by atoms with Crippen molar-refractivity contribution >= 4 is 11.9 Å². The second kappa shape index (κ2) is 7.62. The van der Waals surface area contributed by atoms with Crippen molar-refractivity contribution in [2.45, 2.75) is 46.0 Å². The Bertz CT molecular complexity index is 456. The fourth-order valence-electron chi connectivity index (χ4n) is 1.57. The van der Waals surface area contributed by atoms with Crippen LogP contribution in [0.5, 0.6) is 0 Å². The van der Waals surface area contributed by atoms with E-state index in [1.807, 2.05) is 13.8 Å². The van der Waals surface area contributed by atoms with Gasteiger partial charge in [0.05, 0.1) is 0 Å². The van der Waals surface area contributed by atoms with Crippen LogP contribution < -0.4 is 5.32 Å². The second-order valence-electron chi connectivity index (χ2n) is 5.21. The standard InChI is InChI=1S/C13H21N3O4/c1-8(2)13-15-11(20-16-13)5-4-10(17)14-7-9(3)6-12(18)19/h8-9H,4-7H2,1-3H3,(H,14,17)(H,18,19). The molecule has 1 aromatic heterocycles. The van der Waals surface area contributed by atoms with E-state index in [0.717, 1.165) is 0 Å². The number of aromatic nitrogens is 2. The summed E-state index contributed by atoms with van der Waals surface area (Å²) >= 11 is 0. The number of carbonyl (C=O) groups excluding carboxylic acids is 1. The van der Waals surface area contributed by atoms with E-state index < -0.39 is 5.97 Å². The molecule has 7 nitrogen and oxygen atoms in total. The highest BCUT2D eigenvalue weighted by molar-refractivity contribution is 5.76. The maximum atomic E-state index is 11.6. The molecule has 0 aliphatic carbocycles. The molecule has 1 rings (SSSR count). The van der Waals surface area contributed by atoms with Crippen LogP contribution in [-0.2, 0) is 16.0 Å². The molecule has 0 aliphatic heterocycles. The number of carboxylic acids is 1. The van der Waals surface area contributed by atoms with E-state index in [2.05, 4.69) is 15.5 Å². The maximum absolute atomic E-state index is 11.6. The lowest BCUT2D eigenvalue weighted by Crippen LogP contribution is -2.29. The summed E-state index contributed by atoms with van der Waals surface area (Å²) in [6, 6.07) is 0. The Labute approximate surface area is 117 Å². The van der Waals surface area contributed by atoms with Gasteiger partial charge in [0.15, 0.2) is 5.82 Å². The topological polar surface area (TPSA) is 105 Å². The van der Waals surface area contributed by atoms with Gasteiger partial charge in [-0.25, -0.2) is 0 Å². The van der Waals surface area contributed by atoms with E-state index in [4.69, 9.17) is 9.63 Å². The predicted molar refractivity (Wildman–Crippen MR) is 71.1 cm³/mol. The molecule has 1 amide bonds. The highest BCUT2D eigenvalue weighted by atomic mass is 16.5. The van der Waals surface area contributed by atoms with Crippen LogP contribution >= 0.6 is 0 Å².